The van der Waals surface area contributed by atoms with Crippen molar-refractivity contribution in [2.24, 2.45) is 0 Å². The number of rotatable bonds is 3. The molecule has 2 amide bonds. The molecule has 1 aliphatic carbocycles. The van der Waals surface area contributed by atoms with Gasteiger partial charge in [0.25, 0.3) is 0 Å². The van der Waals surface area contributed by atoms with Gasteiger partial charge in [0, 0.05) is 11.3 Å². The smallest absolute Gasteiger partial charge is 0.338 e. The summed E-state index contributed by atoms with van der Waals surface area (Å²) in [6.07, 6.45) is 4.38. The van der Waals surface area contributed by atoms with Gasteiger partial charge >= 0.3 is 12.0 Å². The summed E-state index contributed by atoms with van der Waals surface area (Å²) in [5.74, 6) is 5.65. The first kappa shape index (κ1) is 20.0. The molecule has 28 heavy (non-hydrogen) atoms. The van der Waals surface area contributed by atoms with Gasteiger partial charge in [0.1, 0.15) is 5.60 Å². The molecule has 6 nitrogen and oxygen atoms in total. The van der Waals surface area contributed by atoms with Crippen LogP contribution in [0.25, 0.3) is 0 Å². The van der Waals surface area contributed by atoms with Crippen LogP contribution in [0.3, 0.4) is 0 Å². The number of hydrogen-bond acceptors (Lipinski definition) is 4. The van der Waals surface area contributed by atoms with Gasteiger partial charge in [0.05, 0.1) is 18.2 Å². The second-order valence-corrected chi connectivity index (χ2v) is 7.22. The molecular weight excluding hydrogens is 356 g/mol. The van der Waals surface area contributed by atoms with Gasteiger partial charge in [-0.05, 0) is 51.2 Å². The Morgan fingerprint density at radius 1 is 1.29 bits per heavy atom. The molecule has 1 atom stereocenters. The maximum atomic E-state index is 12.5. The molecule has 1 saturated carbocycles. The molecule has 1 fully saturated rings. The van der Waals surface area contributed by atoms with Crippen LogP contribution < -0.4 is 10.6 Å². The summed E-state index contributed by atoms with van der Waals surface area (Å²) in [7, 11) is 0. The fourth-order valence-electron chi connectivity index (χ4n) is 3.71. The van der Waals surface area contributed by atoms with E-state index in [-0.39, 0.29) is 12.6 Å². The molecular formula is C22H26N2O4. The van der Waals surface area contributed by atoms with Crippen molar-refractivity contribution < 1.29 is 19.4 Å². The molecule has 148 valence electrons. The molecule has 6 heteroatoms. The fourth-order valence-corrected chi connectivity index (χ4v) is 3.71. The van der Waals surface area contributed by atoms with Crippen molar-refractivity contribution in [1.29, 1.82) is 0 Å². The summed E-state index contributed by atoms with van der Waals surface area (Å²) in [4.78, 5) is 24.6. The Bertz CT molecular complexity index is 857. The van der Waals surface area contributed by atoms with Crippen molar-refractivity contribution >= 4 is 12.0 Å². The van der Waals surface area contributed by atoms with Crippen LogP contribution in [0, 0.1) is 11.8 Å². The number of esters is 1. The summed E-state index contributed by atoms with van der Waals surface area (Å²) in [6.45, 7) is 3.66. The molecule has 3 rings (SSSR count). The lowest BCUT2D eigenvalue weighted by Crippen LogP contribution is -2.45. The van der Waals surface area contributed by atoms with Crippen molar-refractivity contribution in [3.05, 3.63) is 46.7 Å². The highest BCUT2D eigenvalue weighted by atomic mass is 16.5. The van der Waals surface area contributed by atoms with E-state index >= 15 is 0 Å². The third kappa shape index (κ3) is 4.37. The molecule has 1 aliphatic heterocycles. The second kappa shape index (κ2) is 8.49. The molecule has 0 radical (unpaired) electrons. The van der Waals surface area contributed by atoms with E-state index in [2.05, 4.69) is 22.5 Å². The Kier molecular flexibility index (Phi) is 6.05. The topological polar surface area (TPSA) is 87.7 Å². The number of urea groups is 1. The van der Waals surface area contributed by atoms with Crippen LogP contribution in [0.15, 0.2) is 35.5 Å². The summed E-state index contributed by atoms with van der Waals surface area (Å²) in [5, 5.41) is 16.1. The number of carbonyl (C=O) groups is 2. The average Bonchev–Trinajstić information content (AvgIpc) is 2.67. The van der Waals surface area contributed by atoms with Crippen molar-refractivity contribution in [2.75, 3.05) is 6.61 Å². The second-order valence-electron chi connectivity index (χ2n) is 7.22. The molecule has 1 aromatic carbocycles. The number of amides is 2. The number of carbonyl (C=O) groups excluding carboxylic acids is 2. The summed E-state index contributed by atoms with van der Waals surface area (Å²) in [5.41, 5.74) is 1.21. The van der Waals surface area contributed by atoms with Gasteiger partial charge in [-0.3, -0.25) is 0 Å². The van der Waals surface area contributed by atoms with Crippen LogP contribution in [0.4, 0.5) is 4.79 Å². The minimum absolute atomic E-state index is 0.241. The number of hydrogen-bond donors (Lipinski definition) is 3. The molecule has 3 N–H and O–H groups in total. The third-order valence-electron chi connectivity index (χ3n) is 5.15. The standard InChI is InChI=1S/C22H26N2O4/c1-3-28-20(25)18-15(2)23-21(26)24-19(18)17-10-6-5-9-16(17)11-14-22(27)12-7-4-8-13-22/h5-6,9-10,19,27H,3-4,7-8,12-13H2,1-2H3,(H2,23,24,26). The number of allylic oxidation sites excluding steroid dienone is 1. The van der Waals surface area contributed by atoms with Crippen molar-refractivity contribution in [2.45, 2.75) is 57.6 Å². The molecule has 0 spiro atoms. The normalized spacial score (nSPS) is 21.1. The Hall–Kier alpha value is -2.78. The van der Waals surface area contributed by atoms with Gasteiger partial charge in [-0.1, -0.05) is 36.5 Å². The molecule has 0 aromatic heterocycles. The van der Waals surface area contributed by atoms with Gasteiger partial charge < -0.3 is 20.5 Å². The van der Waals surface area contributed by atoms with Gasteiger partial charge in [0.15, 0.2) is 0 Å². The maximum absolute atomic E-state index is 12.5. The van der Waals surface area contributed by atoms with Crippen LogP contribution in [0.1, 0.15) is 63.1 Å². The van der Waals surface area contributed by atoms with E-state index in [0.29, 0.717) is 35.2 Å². The van der Waals surface area contributed by atoms with E-state index in [1.165, 1.54) is 0 Å². The minimum Gasteiger partial charge on any atom is -0.463 e. The van der Waals surface area contributed by atoms with Crippen molar-refractivity contribution in [3.8, 4) is 11.8 Å². The fraction of sp³-hybridized carbons (Fsp3) is 0.455. The molecule has 1 heterocycles. The quantitative estimate of drug-likeness (QED) is 0.554. The first-order chi connectivity index (χ1) is 13.4. The van der Waals surface area contributed by atoms with E-state index < -0.39 is 17.6 Å². The van der Waals surface area contributed by atoms with E-state index in [1.807, 2.05) is 24.3 Å². The van der Waals surface area contributed by atoms with Crippen molar-refractivity contribution in [3.63, 3.8) is 0 Å². The van der Waals surface area contributed by atoms with Gasteiger partial charge in [-0.25, -0.2) is 9.59 Å². The Labute approximate surface area is 165 Å². The monoisotopic (exact) mass is 382 g/mol. The van der Waals surface area contributed by atoms with Gasteiger partial charge in [-0.15, -0.1) is 0 Å². The molecule has 1 unspecified atom stereocenters. The molecule has 2 aliphatic rings. The highest BCUT2D eigenvalue weighted by molar-refractivity contribution is 5.95. The third-order valence-corrected chi connectivity index (χ3v) is 5.15. The Morgan fingerprint density at radius 3 is 2.71 bits per heavy atom. The predicted molar refractivity (Wildman–Crippen MR) is 105 cm³/mol. The Balaban J connectivity index is 2.00. The minimum atomic E-state index is -0.974. The lowest BCUT2D eigenvalue weighted by atomic mass is 9.85. The highest BCUT2D eigenvalue weighted by Gasteiger charge is 2.33. The zero-order valence-corrected chi connectivity index (χ0v) is 16.3. The highest BCUT2D eigenvalue weighted by Crippen LogP contribution is 2.31. The summed E-state index contributed by atoms with van der Waals surface area (Å²) in [6, 6.07) is 6.30. The Morgan fingerprint density at radius 2 is 2.00 bits per heavy atom. The van der Waals surface area contributed by atoms with Gasteiger partial charge in [0.2, 0.25) is 0 Å². The van der Waals surface area contributed by atoms with Crippen LogP contribution in [-0.2, 0) is 9.53 Å². The summed E-state index contributed by atoms with van der Waals surface area (Å²) >= 11 is 0. The molecule has 0 saturated heterocycles. The van der Waals surface area contributed by atoms with Gasteiger partial charge in [-0.2, -0.15) is 0 Å². The van der Waals surface area contributed by atoms with E-state index in [4.69, 9.17) is 4.74 Å². The number of ether oxygens (including phenoxy) is 1. The first-order valence-electron chi connectivity index (χ1n) is 9.73. The number of aliphatic hydroxyl groups is 1. The van der Waals surface area contributed by atoms with E-state index in [9.17, 15) is 14.7 Å². The number of benzene rings is 1. The maximum Gasteiger partial charge on any atom is 0.338 e. The first-order valence-corrected chi connectivity index (χ1v) is 9.73. The van der Waals surface area contributed by atoms with E-state index in [0.717, 1.165) is 19.3 Å². The predicted octanol–water partition coefficient (Wildman–Crippen LogP) is 2.92. The van der Waals surface area contributed by atoms with Crippen LogP contribution in [0.5, 0.6) is 0 Å². The lowest BCUT2D eigenvalue weighted by molar-refractivity contribution is -0.139. The average molecular weight is 382 g/mol. The largest absolute Gasteiger partial charge is 0.463 e. The zero-order valence-electron chi connectivity index (χ0n) is 16.3. The SMILES string of the molecule is CCOC(=O)C1=C(C)NC(=O)NC1c1ccccc1C#CC1(O)CCCCC1. The van der Waals surface area contributed by atoms with Crippen LogP contribution >= 0.6 is 0 Å². The zero-order chi connectivity index (χ0) is 20.1. The van der Waals surface area contributed by atoms with E-state index in [1.54, 1.807) is 13.8 Å². The lowest BCUT2D eigenvalue weighted by Gasteiger charge is -2.29. The summed E-state index contributed by atoms with van der Waals surface area (Å²) < 4.78 is 5.19. The van der Waals surface area contributed by atoms with Crippen LogP contribution in [0.2, 0.25) is 0 Å². The van der Waals surface area contributed by atoms with Crippen molar-refractivity contribution in [1.82, 2.24) is 10.6 Å². The molecule has 0 bridgehead atoms. The molecule has 1 aromatic rings. The number of nitrogens with one attached hydrogen (secondary N) is 2. The van der Waals surface area contributed by atoms with Crippen LogP contribution in [-0.4, -0.2) is 29.3 Å².